The highest BCUT2D eigenvalue weighted by molar-refractivity contribution is 5.88. The quantitative estimate of drug-likeness (QED) is 0.717. The predicted octanol–water partition coefficient (Wildman–Crippen LogP) is 1.45. The molecule has 0 aromatic rings. The number of ether oxygens (including phenoxy) is 1. The molecule has 0 aromatic heterocycles. The maximum Gasteiger partial charge on any atom is 0.328 e. The molecule has 1 amide bonds. The van der Waals surface area contributed by atoms with E-state index in [0.717, 1.165) is 6.42 Å². The zero-order chi connectivity index (χ0) is 15.4. The summed E-state index contributed by atoms with van der Waals surface area (Å²) in [5.74, 6) is -0.655. The van der Waals surface area contributed by atoms with Gasteiger partial charge < -0.3 is 15.8 Å². The van der Waals surface area contributed by atoms with Gasteiger partial charge in [0.05, 0.1) is 12.5 Å². The standard InChI is InChI=1S/C14H28N2O3/c1-8-9(2)10(11(17)19-7)16-12(18)13(3,4)14(5,6)15/h9-10H,8,15H2,1-7H3,(H,16,18). The maximum absolute atomic E-state index is 12.4. The van der Waals surface area contributed by atoms with E-state index in [9.17, 15) is 9.59 Å². The van der Waals surface area contributed by atoms with Crippen LogP contribution in [0.2, 0.25) is 0 Å². The van der Waals surface area contributed by atoms with Crippen molar-refractivity contribution in [2.45, 2.75) is 59.5 Å². The third-order valence-corrected chi connectivity index (χ3v) is 4.13. The molecule has 3 N–H and O–H groups in total. The fourth-order valence-corrected chi connectivity index (χ4v) is 1.41. The van der Waals surface area contributed by atoms with Crippen molar-refractivity contribution in [3.05, 3.63) is 0 Å². The van der Waals surface area contributed by atoms with Gasteiger partial charge in [-0.05, 0) is 33.6 Å². The Morgan fingerprint density at radius 2 is 1.74 bits per heavy atom. The molecule has 0 radical (unpaired) electrons. The molecule has 0 spiro atoms. The Labute approximate surface area is 116 Å². The van der Waals surface area contributed by atoms with E-state index in [1.165, 1.54) is 7.11 Å². The van der Waals surface area contributed by atoms with Crippen molar-refractivity contribution in [3.8, 4) is 0 Å². The number of carbonyl (C=O) groups excluding carboxylic acids is 2. The van der Waals surface area contributed by atoms with Gasteiger partial charge in [-0.25, -0.2) is 4.79 Å². The highest BCUT2D eigenvalue weighted by Gasteiger charge is 2.42. The van der Waals surface area contributed by atoms with Crippen LogP contribution in [0.15, 0.2) is 0 Å². The minimum absolute atomic E-state index is 0.00749. The number of nitrogens with two attached hydrogens (primary N) is 1. The molecule has 19 heavy (non-hydrogen) atoms. The van der Waals surface area contributed by atoms with Crippen LogP contribution in [-0.2, 0) is 14.3 Å². The Kier molecular flexibility index (Phi) is 6.00. The van der Waals surface area contributed by atoms with Crippen LogP contribution < -0.4 is 11.1 Å². The zero-order valence-electron chi connectivity index (χ0n) is 13.2. The fourth-order valence-electron chi connectivity index (χ4n) is 1.41. The average molecular weight is 272 g/mol. The van der Waals surface area contributed by atoms with Gasteiger partial charge in [0.1, 0.15) is 6.04 Å². The van der Waals surface area contributed by atoms with Crippen LogP contribution in [0.4, 0.5) is 0 Å². The van der Waals surface area contributed by atoms with Crippen LogP contribution >= 0.6 is 0 Å². The molecular formula is C14H28N2O3. The summed E-state index contributed by atoms with van der Waals surface area (Å²) in [4.78, 5) is 24.1. The summed E-state index contributed by atoms with van der Waals surface area (Å²) in [6, 6.07) is -0.635. The lowest BCUT2D eigenvalue weighted by Crippen LogP contribution is -2.59. The summed E-state index contributed by atoms with van der Waals surface area (Å²) in [6.07, 6.45) is 0.770. The van der Waals surface area contributed by atoms with Crippen molar-refractivity contribution in [1.82, 2.24) is 5.32 Å². The summed E-state index contributed by atoms with van der Waals surface area (Å²) in [7, 11) is 1.32. The van der Waals surface area contributed by atoms with Crippen LogP contribution in [0.5, 0.6) is 0 Å². The number of esters is 1. The molecule has 5 nitrogen and oxygen atoms in total. The van der Waals surface area contributed by atoms with E-state index in [1.54, 1.807) is 27.7 Å². The molecule has 0 aliphatic rings. The van der Waals surface area contributed by atoms with E-state index in [0.29, 0.717) is 0 Å². The molecule has 2 atom stereocenters. The van der Waals surface area contributed by atoms with Gasteiger partial charge in [0, 0.05) is 5.54 Å². The first-order valence-electron chi connectivity index (χ1n) is 6.66. The highest BCUT2D eigenvalue weighted by Crippen LogP contribution is 2.29. The van der Waals surface area contributed by atoms with Crippen LogP contribution in [0.3, 0.4) is 0 Å². The number of carbonyl (C=O) groups is 2. The van der Waals surface area contributed by atoms with Crippen molar-refractivity contribution in [2.75, 3.05) is 7.11 Å². The highest BCUT2D eigenvalue weighted by atomic mass is 16.5. The monoisotopic (exact) mass is 272 g/mol. The third kappa shape index (κ3) is 4.20. The minimum atomic E-state index is -0.785. The smallest absolute Gasteiger partial charge is 0.328 e. The van der Waals surface area contributed by atoms with Gasteiger partial charge >= 0.3 is 5.97 Å². The minimum Gasteiger partial charge on any atom is -0.467 e. The number of hydrogen-bond donors (Lipinski definition) is 2. The first-order valence-corrected chi connectivity index (χ1v) is 6.66. The molecule has 0 heterocycles. The summed E-state index contributed by atoms with van der Waals surface area (Å²) in [6.45, 7) is 11.0. The molecule has 0 aliphatic heterocycles. The second kappa shape index (κ2) is 6.37. The molecule has 0 aromatic carbocycles. The van der Waals surface area contributed by atoms with Crippen LogP contribution in [-0.4, -0.2) is 30.6 Å². The topological polar surface area (TPSA) is 81.4 Å². The molecule has 0 aliphatic carbocycles. The molecule has 0 fully saturated rings. The molecule has 5 heteroatoms. The van der Waals surface area contributed by atoms with Gasteiger partial charge in [0.25, 0.3) is 0 Å². The van der Waals surface area contributed by atoms with Gasteiger partial charge in [0.15, 0.2) is 0 Å². The lowest BCUT2D eigenvalue weighted by Gasteiger charge is -2.38. The number of hydrogen-bond acceptors (Lipinski definition) is 4. The second-order valence-electron chi connectivity index (χ2n) is 6.21. The number of methoxy groups -OCH3 is 1. The van der Waals surface area contributed by atoms with Crippen LogP contribution in [0.1, 0.15) is 48.0 Å². The Hall–Kier alpha value is -1.10. The first kappa shape index (κ1) is 17.9. The Morgan fingerprint density at radius 1 is 1.26 bits per heavy atom. The van der Waals surface area contributed by atoms with Crippen molar-refractivity contribution in [3.63, 3.8) is 0 Å². The van der Waals surface area contributed by atoms with Crippen LogP contribution in [0, 0.1) is 11.3 Å². The third-order valence-electron chi connectivity index (χ3n) is 4.13. The Balaban J connectivity index is 5.07. The van der Waals surface area contributed by atoms with E-state index in [2.05, 4.69) is 5.32 Å². The summed E-state index contributed by atoms with van der Waals surface area (Å²) >= 11 is 0. The van der Waals surface area contributed by atoms with Crippen molar-refractivity contribution >= 4 is 11.9 Å². The van der Waals surface area contributed by atoms with E-state index < -0.39 is 23.0 Å². The summed E-state index contributed by atoms with van der Waals surface area (Å²) in [5.41, 5.74) is 4.56. The second-order valence-corrected chi connectivity index (χ2v) is 6.21. The normalized spacial score (nSPS) is 15.6. The molecular weight excluding hydrogens is 244 g/mol. The maximum atomic E-state index is 12.4. The number of nitrogens with one attached hydrogen (secondary N) is 1. The van der Waals surface area contributed by atoms with Crippen LogP contribution in [0.25, 0.3) is 0 Å². The molecule has 0 bridgehead atoms. The van der Waals surface area contributed by atoms with E-state index in [-0.39, 0.29) is 11.8 Å². The van der Waals surface area contributed by atoms with Gasteiger partial charge in [-0.1, -0.05) is 20.3 Å². The molecule has 2 unspecified atom stereocenters. The average Bonchev–Trinajstić information content (AvgIpc) is 2.32. The van der Waals surface area contributed by atoms with E-state index in [1.807, 2.05) is 13.8 Å². The summed E-state index contributed by atoms with van der Waals surface area (Å²) < 4.78 is 4.75. The van der Waals surface area contributed by atoms with E-state index in [4.69, 9.17) is 10.5 Å². The Bertz CT molecular complexity index is 332. The van der Waals surface area contributed by atoms with Gasteiger partial charge in [-0.15, -0.1) is 0 Å². The predicted molar refractivity (Wildman–Crippen MR) is 75.4 cm³/mol. The van der Waals surface area contributed by atoms with Crippen molar-refractivity contribution in [1.29, 1.82) is 0 Å². The van der Waals surface area contributed by atoms with Gasteiger partial charge in [0.2, 0.25) is 5.91 Å². The molecule has 0 rings (SSSR count). The van der Waals surface area contributed by atoms with Gasteiger partial charge in [-0.2, -0.15) is 0 Å². The van der Waals surface area contributed by atoms with Crippen molar-refractivity contribution in [2.24, 2.45) is 17.1 Å². The van der Waals surface area contributed by atoms with Gasteiger partial charge in [-0.3, -0.25) is 4.79 Å². The fraction of sp³-hybridized carbons (Fsp3) is 0.857. The molecule has 112 valence electrons. The first-order chi connectivity index (χ1) is 8.48. The SMILES string of the molecule is CCC(C)C(NC(=O)C(C)(C)C(C)(C)N)C(=O)OC. The zero-order valence-corrected chi connectivity index (χ0v) is 13.2. The summed E-state index contributed by atoms with van der Waals surface area (Å²) in [5, 5.41) is 2.77. The molecule has 0 saturated carbocycles. The number of rotatable bonds is 6. The lowest BCUT2D eigenvalue weighted by atomic mass is 9.74. The number of amides is 1. The van der Waals surface area contributed by atoms with Crippen molar-refractivity contribution < 1.29 is 14.3 Å². The van der Waals surface area contributed by atoms with E-state index >= 15 is 0 Å². The Morgan fingerprint density at radius 3 is 2.05 bits per heavy atom. The largest absolute Gasteiger partial charge is 0.467 e. The lowest BCUT2D eigenvalue weighted by molar-refractivity contribution is -0.148. The molecule has 0 saturated heterocycles.